The minimum Gasteiger partial charge on any atom is -0.396 e. The molecule has 3 aliphatic carbocycles. The first kappa shape index (κ1) is 11.1. The van der Waals surface area contributed by atoms with Gasteiger partial charge < -0.3 is 5.11 Å². The Bertz CT molecular complexity index is 313. The summed E-state index contributed by atoms with van der Waals surface area (Å²) in [6.07, 6.45) is 8.24. The molecule has 3 aliphatic rings. The highest BCUT2D eigenvalue weighted by Crippen LogP contribution is 2.76. The van der Waals surface area contributed by atoms with Gasteiger partial charge in [0.15, 0.2) is 0 Å². The van der Waals surface area contributed by atoms with Crippen molar-refractivity contribution in [2.45, 2.75) is 59.3 Å². The fourth-order valence-corrected chi connectivity index (χ4v) is 5.88. The summed E-state index contributed by atoms with van der Waals surface area (Å²) in [4.78, 5) is 0. The van der Waals surface area contributed by atoms with E-state index in [1.54, 1.807) is 0 Å². The van der Waals surface area contributed by atoms with E-state index < -0.39 is 0 Å². The number of rotatable bonds is 1. The van der Waals surface area contributed by atoms with Gasteiger partial charge in [-0.1, -0.05) is 27.2 Å². The van der Waals surface area contributed by atoms with Crippen LogP contribution in [0.3, 0.4) is 0 Å². The lowest BCUT2D eigenvalue weighted by Gasteiger charge is -2.45. The summed E-state index contributed by atoms with van der Waals surface area (Å²) in [6.45, 7) is 8.04. The third-order valence-corrected chi connectivity index (χ3v) is 7.32. The summed E-state index contributed by atoms with van der Waals surface area (Å²) in [7, 11) is 0. The molecule has 1 heteroatoms. The Balaban J connectivity index is 2.07. The third-order valence-electron chi connectivity index (χ3n) is 7.32. The SMILES string of the molecule is CC12CCC(CO)C(C1)C1(C)CCCC21C. The van der Waals surface area contributed by atoms with E-state index in [-0.39, 0.29) is 0 Å². The van der Waals surface area contributed by atoms with Crippen LogP contribution >= 0.6 is 0 Å². The Labute approximate surface area is 99.6 Å². The Morgan fingerprint density at radius 1 is 1.12 bits per heavy atom. The Morgan fingerprint density at radius 2 is 1.88 bits per heavy atom. The van der Waals surface area contributed by atoms with Crippen molar-refractivity contribution in [3.05, 3.63) is 0 Å². The monoisotopic (exact) mass is 222 g/mol. The third kappa shape index (κ3) is 0.978. The maximum atomic E-state index is 9.61. The Kier molecular flexibility index (Phi) is 2.11. The average molecular weight is 222 g/mol. The molecule has 5 unspecified atom stereocenters. The molecule has 1 nitrogen and oxygen atoms in total. The lowest BCUT2D eigenvalue weighted by atomic mass is 9.59. The van der Waals surface area contributed by atoms with Crippen molar-refractivity contribution in [2.75, 3.05) is 6.61 Å². The zero-order chi connectivity index (χ0) is 11.6. The summed E-state index contributed by atoms with van der Waals surface area (Å²) in [5, 5.41) is 9.61. The topological polar surface area (TPSA) is 20.2 Å². The van der Waals surface area contributed by atoms with Crippen LogP contribution in [0.2, 0.25) is 0 Å². The quantitative estimate of drug-likeness (QED) is 0.718. The van der Waals surface area contributed by atoms with Gasteiger partial charge in [0.05, 0.1) is 0 Å². The minimum atomic E-state index is 0.423. The van der Waals surface area contributed by atoms with Gasteiger partial charge in [-0.25, -0.2) is 0 Å². The van der Waals surface area contributed by atoms with Gasteiger partial charge in [0.25, 0.3) is 0 Å². The average Bonchev–Trinajstić information content (AvgIpc) is 2.63. The van der Waals surface area contributed by atoms with Gasteiger partial charge >= 0.3 is 0 Å². The van der Waals surface area contributed by atoms with Gasteiger partial charge in [-0.2, -0.15) is 0 Å². The molecule has 3 fully saturated rings. The van der Waals surface area contributed by atoms with E-state index in [0.29, 0.717) is 28.8 Å². The predicted octanol–water partition coefficient (Wildman–Crippen LogP) is 3.61. The lowest BCUT2D eigenvalue weighted by Crippen LogP contribution is -2.38. The Hall–Kier alpha value is -0.0400. The molecule has 0 saturated heterocycles. The second kappa shape index (κ2) is 3.04. The van der Waals surface area contributed by atoms with Crippen molar-refractivity contribution in [1.29, 1.82) is 0 Å². The molecule has 92 valence electrons. The van der Waals surface area contributed by atoms with Crippen molar-refractivity contribution < 1.29 is 5.11 Å². The second-order valence-corrected chi connectivity index (χ2v) is 7.46. The second-order valence-electron chi connectivity index (χ2n) is 7.46. The molecule has 0 amide bonds. The van der Waals surface area contributed by atoms with Gasteiger partial charge in [-0.05, 0) is 60.2 Å². The highest BCUT2D eigenvalue weighted by Gasteiger charge is 2.69. The normalized spacial score (nSPS) is 60.0. The van der Waals surface area contributed by atoms with Gasteiger partial charge in [-0.3, -0.25) is 0 Å². The standard InChI is InChI=1S/C15H26O/c1-13-8-5-11(10-16)12(9-13)14(2)6-4-7-15(13,14)3/h11-12,16H,4-10H2,1-3H3. The zero-order valence-electron chi connectivity index (χ0n) is 11.1. The molecule has 3 rings (SSSR count). The van der Waals surface area contributed by atoms with Crippen LogP contribution in [0.5, 0.6) is 0 Å². The van der Waals surface area contributed by atoms with E-state index in [9.17, 15) is 5.11 Å². The number of aliphatic hydroxyl groups excluding tert-OH is 1. The molecule has 5 atom stereocenters. The molecular weight excluding hydrogens is 196 g/mol. The van der Waals surface area contributed by atoms with Crippen LogP contribution < -0.4 is 0 Å². The van der Waals surface area contributed by atoms with Crippen LogP contribution in [0.25, 0.3) is 0 Å². The van der Waals surface area contributed by atoms with E-state index in [1.165, 1.54) is 38.5 Å². The molecule has 0 aromatic carbocycles. The highest BCUT2D eigenvalue weighted by molar-refractivity contribution is 5.18. The van der Waals surface area contributed by atoms with Crippen LogP contribution in [-0.4, -0.2) is 11.7 Å². The first-order valence-corrected chi connectivity index (χ1v) is 7.08. The van der Waals surface area contributed by atoms with E-state index in [2.05, 4.69) is 20.8 Å². The predicted molar refractivity (Wildman–Crippen MR) is 66.1 cm³/mol. The maximum absolute atomic E-state index is 9.61. The number of hydrogen-bond acceptors (Lipinski definition) is 1. The first-order chi connectivity index (χ1) is 7.47. The smallest absolute Gasteiger partial charge is 0.0462 e. The zero-order valence-corrected chi connectivity index (χ0v) is 11.1. The van der Waals surface area contributed by atoms with Crippen LogP contribution in [0.4, 0.5) is 0 Å². The first-order valence-electron chi connectivity index (χ1n) is 7.08. The van der Waals surface area contributed by atoms with Crippen LogP contribution in [0.1, 0.15) is 59.3 Å². The number of hydrogen-bond donors (Lipinski definition) is 1. The molecule has 0 heterocycles. The highest BCUT2D eigenvalue weighted by atomic mass is 16.3. The lowest BCUT2D eigenvalue weighted by molar-refractivity contribution is 0.0305. The molecule has 16 heavy (non-hydrogen) atoms. The number of aliphatic hydroxyl groups is 1. The number of fused-ring (bicyclic) bond motifs is 5. The molecule has 1 N–H and O–H groups in total. The summed E-state index contributed by atoms with van der Waals surface area (Å²) in [6, 6.07) is 0. The minimum absolute atomic E-state index is 0.423. The molecule has 0 aliphatic heterocycles. The largest absolute Gasteiger partial charge is 0.396 e. The van der Waals surface area contributed by atoms with E-state index in [4.69, 9.17) is 0 Å². The van der Waals surface area contributed by atoms with E-state index in [0.717, 1.165) is 5.92 Å². The summed E-state index contributed by atoms with van der Waals surface area (Å²) >= 11 is 0. The molecule has 3 saturated carbocycles. The van der Waals surface area contributed by atoms with E-state index >= 15 is 0 Å². The van der Waals surface area contributed by atoms with Crippen LogP contribution in [-0.2, 0) is 0 Å². The Morgan fingerprint density at radius 3 is 2.56 bits per heavy atom. The summed E-state index contributed by atoms with van der Waals surface area (Å²) < 4.78 is 0. The van der Waals surface area contributed by atoms with Gasteiger partial charge in [-0.15, -0.1) is 0 Å². The molecular formula is C15H26O. The van der Waals surface area contributed by atoms with Crippen molar-refractivity contribution in [3.63, 3.8) is 0 Å². The fraction of sp³-hybridized carbons (Fsp3) is 1.00. The maximum Gasteiger partial charge on any atom is 0.0462 e. The van der Waals surface area contributed by atoms with E-state index in [1.807, 2.05) is 0 Å². The molecule has 0 aromatic rings. The molecule has 0 spiro atoms. The summed E-state index contributed by atoms with van der Waals surface area (Å²) in [5.41, 5.74) is 1.63. The summed E-state index contributed by atoms with van der Waals surface area (Å²) in [5.74, 6) is 1.39. The van der Waals surface area contributed by atoms with Crippen molar-refractivity contribution in [1.82, 2.24) is 0 Å². The fourth-order valence-electron chi connectivity index (χ4n) is 5.88. The van der Waals surface area contributed by atoms with Crippen molar-refractivity contribution >= 4 is 0 Å². The molecule has 0 radical (unpaired) electrons. The van der Waals surface area contributed by atoms with Gasteiger partial charge in [0.1, 0.15) is 0 Å². The molecule has 2 bridgehead atoms. The van der Waals surface area contributed by atoms with Gasteiger partial charge in [0, 0.05) is 6.61 Å². The molecule has 0 aromatic heterocycles. The van der Waals surface area contributed by atoms with Gasteiger partial charge in [0.2, 0.25) is 0 Å². The van der Waals surface area contributed by atoms with Crippen molar-refractivity contribution in [2.24, 2.45) is 28.1 Å². The van der Waals surface area contributed by atoms with Crippen LogP contribution in [0.15, 0.2) is 0 Å². The van der Waals surface area contributed by atoms with Crippen molar-refractivity contribution in [3.8, 4) is 0 Å². The van der Waals surface area contributed by atoms with Crippen LogP contribution in [0, 0.1) is 28.1 Å².